The molecule has 6 rings (SSSR count). The monoisotopic (exact) mass is 490 g/mol. The van der Waals surface area contributed by atoms with Crippen LogP contribution in [-0.2, 0) is 11.8 Å². The summed E-state index contributed by atoms with van der Waals surface area (Å²) >= 11 is 3.79. The number of carbonyl (C=O) groups is 1. The number of benzene rings is 1. The number of allylic oxidation sites excluding steroid dienone is 1. The van der Waals surface area contributed by atoms with E-state index in [2.05, 4.69) is 56.7 Å². The number of H-pyrrole nitrogens is 1. The lowest BCUT2D eigenvalue weighted by atomic mass is 9.70. The zero-order chi connectivity index (χ0) is 22.2. The van der Waals surface area contributed by atoms with Crippen molar-refractivity contribution in [3.8, 4) is 6.07 Å². The first kappa shape index (κ1) is 20.3. The zero-order valence-electron chi connectivity index (χ0n) is 18.6. The van der Waals surface area contributed by atoms with Crippen LogP contribution in [0.2, 0.25) is 0 Å². The van der Waals surface area contributed by atoms with Gasteiger partial charge < -0.3 is 9.88 Å². The standard InChI is InChI=1S/C26H27BrN4O/c1-26(2)19-13-22(31-9-7-30(8-10-31)16-4-5-16)20(27)12-18(19)24(32)23-17-6-3-15(14-28)11-21(17)29-25(23)26/h11-13,16,29H,3-10H2,1-2H3. The summed E-state index contributed by atoms with van der Waals surface area (Å²) in [6.45, 7) is 8.67. The molecule has 1 N–H and O–H groups in total. The van der Waals surface area contributed by atoms with Gasteiger partial charge in [0.25, 0.3) is 0 Å². The highest BCUT2D eigenvalue weighted by Gasteiger charge is 2.42. The molecule has 1 aromatic heterocycles. The lowest BCUT2D eigenvalue weighted by Gasteiger charge is -2.38. The number of anilines is 1. The third kappa shape index (κ3) is 2.94. The summed E-state index contributed by atoms with van der Waals surface area (Å²) in [5.41, 5.74) is 7.34. The minimum atomic E-state index is -0.318. The summed E-state index contributed by atoms with van der Waals surface area (Å²) in [4.78, 5) is 22.3. The van der Waals surface area contributed by atoms with Crippen LogP contribution >= 0.6 is 15.9 Å². The third-order valence-electron chi connectivity index (χ3n) is 7.82. The van der Waals surface area contributed by atoms with Crippen molar-refractivity contribution in [1.82, 2.24) is 9.88 Å². The Morgan fingerprint density at radius 2 is 1.91 bits per heavy atom. The Balaban J connectivity index is 1.41. The van der Waals surface area contributed by atoms with Gasteiger partial charge in [-0.05, 0) is 70.9 Å². The quantitative estimate of drug-likeness (QED) is 0.657. The zero-order valence-corrected chi connectivity index (χ0v) is 20.2. The Hall–Kier alpha value is -2.36. The van der Waals surface area contributed by atoms with Crippen molar-refractivity contribution < 1.29 is 4.79 Å². The van der Waals surface area contributed by atoms with E-state index in [4.69, 9.17) is 0 Å². The molecule has 2 fully saturated rings. The van der Waals surface area contributed by atoms with E-state index in [1.165, 1.54) is 18.5 Å². The second-order valence-electron chi connectivity index (χ2n) is 10.1. The lowest BCUT2D eigenvalue weighted by Crippen LogP contribution is -2.47. The number of fused-ring (bicyclic) bond motifs is 4. The number of rotatable bonds is 2. The van der Waals surface area contributed by atoms with Gasteiger partial charge in [-0.2, -0.15) is 5.26 Å². The molecular formula is C26H27BrN4O. The number of piperazine rings is 1. The van der Waals surface area contributed by atoms with Crippen LogP contribution in [-0.4, -0.2) is 47.9 Å². The van der Waals surface area contributed by atoms with Gasteiger partial charge in [-0.25, -0.2) is 0 Å². The maximum absolute atomic E-state index is 13.7. The molecule has 3 aliphatic carbocycles. The van der Waals surface area contributed by atoms with Crippen molar-refractivity contribution >= 4 is 33.5 Å². The molecule has 164 valence electrons. The predicted molar refractivity (Wildman–Crippen MR) is 129 cm³/mol. The van der Waals surface area contributed by atoms with Gasteiger partial charge in [-0.15, -0.1) is 0 Å². The normalized spacial score (nSPS) is 22.0. The van der Waals surface area contributed by atoms with Gasteiger partial charge in [0.1, 0.15) is 0 Å². The van der Waals surface area contributed by atoms with Crippen molar-refractivity contribution in [2.45, 2.75) is 51.0 Å². The Bertz CT molecular complexity index is 1220. The van der Waals surface area contributed by atoms with E-state index in [-0.39, 0.29) is 11.2 Å². The molecule has 1 aliphatic heterocycles. The number of nitrogens with zero attached hydrogens (tertiary/aromatic N) is 3. The Labute approximate surface area is 197 Å². The fourth-order valence-corrected chi connectivity index (χ4v) is 6.39. The largest absolute Gasteiger partial charge is 0.368 e. The number of aromatic nitrogens is 1. The van der Waals surface area contributed by atoms with Crippen molar-refractivity contribution in [2.75, 3.05) is 31.1 Å². The van der Waals surface area contributed by atoms with Crippen molar-refractivity contribution in [1.29, 1.82) is 5.26 Å². The van der Waals surface area contributed by atoms with E-state index < -0.39 is 0 Å². The maximum atomic E-state index is 13.7. The Morgan fingerprint density at radius 3 is 2.59 bits per heavy atom. The van der Waals surface area contributed by atoms with Gasteiger partial charge in [0, 0.05) is 70.2 Å². The SMILES string of the molecule is CC1(C)c2cc(N3CCN(C4CC4)CC3)c(Br)cc2C(=O)c2c1[nH]c1c2CCC(C#N)=C1. The number of hydrogen-bond donors (Lipinski definition) is 1. The number of nitrogens with one attached hydrogen (secondary N) is 1. The fourth-order valence-electron chi connectivity index (χ4n) is 5.80. The van der Waals surface area contributed by atoms with Crippen LogP contribution in [0.15, 0.2) is 22.2 Å². The topological polar surface area (TPSA) is 63.1 Å². The van der Waals surface area contributed by atoms with E-state index in [1.54, 1.807) is 0 Å². The van der Waals surface area contributed by atoms with E-state index in [1.807, 2.05) is 12.1 Å². The van der Waals surface area contributed by atoms with Crippen molar-refractivity contribution in [3.63, 3.8) is 0 Å². The van der Waals surface area contributed by atoms with Crippen molar-refractivity contribution in [2.24, 2.45) is 0 Å². The summed E-state index contributed by atoms with van der Waals surface area (Å²) in [6, 6.07) is 7.38. The van der Waals surface area contributed by atoms with E-state index in [0.29, 0.717) is 6.42 Å². The number of nitriles is 1. The van der Waals surface area contributed by atoms with Gasteiger partial charge in [0.05, 0.1) is 11.8 Å². The fraction of sp³-hybridized carbons (Fsp3) is 0.462. The molecule has 32 heavy (non-hydrogen) atoms. The van der Waals surface area contributed by atoms with E-state index in [9.17, 15) is 10.1 Å². The molecule has 4 aliphatic rings. The molecule has 1 saturated heterocycles. The number of hydrogen-bond acceptors (Lipinski definition) is 4. The molecule has 5 nitrogen and oxygen atoms in total. The first-order valence-corrected chi connectivity index (χ1v) is 12.4. The molecule has 0 atom stereocenters. The molecule has 1 saturated carbocycles. The number of carbonyl (C=O) groups excluding carboxylic acids is 1. The lowest BCUT2D eigenvalue weighted by molar-refractivity contribution is 0.103. The van der Waals surface area contributed by atoms with Gasteiger partial charge >= 0.3 is 0 Å². The minimum Gasteiger partial charge on any atom is -0.368 e. The van der Waals surface area contributed by atoms with Crippen molar-refractivity contribution in [3.05, 3.63) is 55.8 Å². The molecule has 0 radical (unpaired) electrons. The average molecular weight is 491 g/mol. The van der Waals surface area contributed by atoms with Gasteiger partial charge in [-0.1, -0.05) is 13.8 Å². The first-order chi connectivity index (χ1) is 15.4. The van der Waals surface area contributed by atoms with Crippen LogP contribution < -0.4 is 4.90 Å². The Kier molecular flexibility index (Phi) is 4.48. The summed E-state index contributed by atoms with van der Waals surface area (Å²) in [6.07, 6.45) is 6.07. The summed E-state index contributed by atoms with van der Waals surface area (Å²) in [7, 11) is 0. The van der Waals surface area contributed by atoms with Crippen LogP contribution in [0.1, 0.15) is 71.5 Å². The molecule has 0 spiro atoms. The molecule has 0 unspecified atom stereocenters. The maximum Gasteiger partial charge on any atom is 0.195 e. The Morgan fingerprint density at radius 1 is 1.16 bits per heavy atom. The van der Waals surface area contributed by atoms with Gasteiger partial charge in [-0.3, -0.25) is 9.69 Å². The molecule has 6 heteroatoms. The summed E-state index contributed by atoms with van der Waals surface area (Å²) < 4.78 is 1.000. The molecule has 2 heterocycles. The first-order valence-electron chi connectivity index (χ1n) is 11.6. The molecule has 0 bridgehead atoms. The van der Waals surface area contributed by atoms with Crippen LogP contribution in [0.5, 0.6) is 0 Å². The van der Waals surface area contributed by atoms with E-state index in [0.717, 1.165) is 82.3 Å². The van der Waals surface area contributed by atoms with Crippen LogP contribution in [0.3, 0.4) is 0 Å². The summed E-state index contributed by atoms with van der Waals surface area (Å²) in [5.74, 6) is 0.103. The molecule has 0 amide bonds. The third-order valence-corrected chi connectivity index (χ3v) is 8.45. The summed E-state index contributed by atoms with van der Waals surface area (Å²) in [5, 5.41) is 9.34. The minimum absolute atomic E-state index is 0.103. The second-order valence-corrected chi connectivity index (χ2v) is 11.0. The average Bonchev–Trinajstić information content (AvgIpc) is 3.57. The van der Waals surface area contributed by atoms with Crippen LogP contribution in [0, 0.1) is 11.3 Å². The molecule has 2 aromatic rings. The highest BCUT2D eigenvalue weighted by Crippen LogP contribution is 2.47. The molecular weight excluding hydrogens is 464 g/mol. The highest BCUT2D eigenvalue weighted by molar-refractivity contribution is 9.10. The molecule has 1 aromatic carbocycles. The van der Waals surface area contributed by atoms with Gasteiger partial charge in [0.2, 0.25) is 0 Å². The predicted octanol–water partition coefficient (Wildman–Crippen LogP) is 4.79. The second kappa shape index (κ2) is 7.07. The number of aromatic amines is 1. The van der Waals surface area contributed by atoms with Crippen LogP contribution in [0.4, 0.5) is 5.69 Å². The van der Waals surface area contributed by atoms with Gasteiger partial charge in [0.15, 0.2) is 5.78 Å². The van der Waals surface area contributed by atoms with E-state index >= 15 is 0 Å². The number of halogens is 1. The highest BCUT2D eigenvalue weighted by atomic mass is 79.9. The van der Waals surface area contributed by atoms with Crippen LogP contribution in [0.25, 0.3) is 6.08 Å². The smallest absolute Gasteiger partial charge is 0.195 e. The number of ketones is 1.